The van der Waals surface area contributed by atoms with E-state index in [9.17, 15) is 4.79 Å². The van der Waals surface area contributed by atoms with Crippen LogP contribution in [0.4, 0.5) is 5.82 Å². The monoisotopic (exact) mass is 250 g/mol. The Balaban J connectivity index is 2.66. The molecular weight excluding hydrogens is 228 g/mol. The maximum atomic E-state index is 11.9. The zero-order valence-corrected chi connectivity index (χ0v) is 11.6. The van der Waals surface area contributed by atoms with Gasteiger partial charge in [0.1, 0.15) is 5.82 Å². The van der Waals surface area contributed by atoms with Crippen molar-refractivity contribution in [2.24, 2.45) is 0 Å². The molecule has 100 valence electrons. The third-order valence-electron chi connectivity index (χ3n) is 2.42. The number of hydrogen-bond donors (Lipinski definition) is 2. The summed E-state index contributed by atoms with van der Waals surface area (Å²) in [4.78, 5) is 18.3. The van der Waals surface area contributed by atoms with Crippen LogP contribution in [-0.4, -0.2) is 49.5 Å². The average Bonchev–Trinajstić information content (AvgIpc) is 2.28. The Kier molecular flexibility index (Phi) is 5.58. The first kappa shape index (κ1) is 14.4. The third kappa shape index (κ3) is 4.71. The number of hydrogen-bond acceptors (Lipinski definition) is 4. The van der Waals surface area contributed by atoms with Crippen LogP contribution in [0.1, 0.15) is 23.0 Å². The summed E-state index contributed by atoms with van der Waals surface area (Å²) in [5.74, 6) is 0.691. The van der Waals surface area contributed by atoms with Gasteiger partial charge < -0.3 is 15.5 Å². The molecule has 0 aromatic carbocycles. The average molecular weight is 250 g/mol. The van der Waals surface area contributed by atoms with Gasteiger partial charge in [0.2, 0.25) is 0 Å². The van der Waals surface area contributed by atoms with Gasteiger partial charge in [0.25, 0.3) is 5.91 Å². The summed E-state index contributed by atoms with van der Waals surface area (Å²) in [6, 6.07) is 3.58. The van der Waals surface area contributed by atoms with E-state index in [1.165, 1.54) is 0 Å². The van der Waals surface area contributed by atoms with Crippen molar-refractivity contribution in [3.63, 3.8) is 0 Å². The molecule has 0 aliphatic carbocycles. The fourth-order valence-corrected chi connectivity index (χ4v) is 1.57. The van der Waals surface area contributed by atoms with E-state index in [1.54, 1.807) is 12.1 Å². The molecule has 0 aliphatic heterocycles. The van der Waals surface area contributed by atoms with Gasteiger partial charge in [-0.2, -0.15) is 0 Å². The van der Waals surface area contributed by atoms with Crippen molar-refractivity contribution in [2.75, 3.05) is 39.0 Å². The van der Waals surface area contributed by atoms with Crippen LogP contribution >= 0.6 is 0 Å². The first-order valence-corrected chi connectivity index (χ1v) is 6.18. The van der Waals surface area contributed by atoms with E-state index < -0.39 is 0 Å². The van der Waals surface area contributed by atoms with Gasteiger partial charge in [-0.1, -0.05) is 0 Å². The molecule has 18 heavy (non-hydrogen) atoms. The fourth-order valence-electron chi connectivity index (χ4n) is 1.57. The molecule has 0 bridgehead atoms. The molecule has 0 atom stereocenters. The molecule has 1 aromatic rings. The van der Waals surface area contributed by atoms with Gasteiger partial charge in [-0.15, -0.1) is 0 Å². The van der Waals surface area contributed by atoms with Gasteiger partial charge in [0, 0.05) is 30.9 Å². The second-order valence-corrected chi connectivity index (χ2v) is 4.47. The number of likely N-dealkylation sites (N-methyl/N-ethyl adjacent to an activating group) is 1. The van der Waals surface area contributed by atoms with Crippen molar-refractivity contribution in [3.05, 3.63) is 23.4 Å². The predicted molar refractivity (Wildman–Crippen MR) is 74.0 cm³/mol. The molecule has 5 nitrogen and oxygen atoms in total. The van der Waals surface area contributed by atoms with E-state index in [4.69, 9.17) is 0 Å². The van der Waals surface area contributed by atoms with Crippen molar-refractivity contribution in [1.82, 2.24) is 15.2 Å². The number of carbonyl (C=O) groups is 1. The van der Waals surface area contributed by atoms with Crippen LogP contribution in [-0.2, 0) is 0 Å². The molecule has 0 saturated carbocycles. The zero-order chi connectivity index (χ0) is 13.5. The Morgan fingerprint density at radius 3 is 2.72 bits per heavy atom. The summed E-state index contributed by atoms with van der Waals surface area (Å²) in [6.45, 7) is 6.15. The highest BCUT2D eigenvalue weighted by Gasteiger charge is 2.07. The maximum absolute atomic E-state index is 11.9. The van der Waals surface area contributed by atoms with Crippen LogP contribution in [0.15, 0.2) is 12.1 Å². The van der Waals surface area contributed by atoms with Gasteiger partial charge in [0.15, 0.2) is 0 Å². The SMILES string of the molecule is CCNc1cc(C(=O)NCCN(C)C)cc(C)n1. The van der Waals surface area contributed by atoms with E-state index in [1.807, 2.05) is 32.8 Å². The van der Waals surface area contributed by atoms with Crippen molar-refractivity contribution < 1.29 is 4.79 Å². The number of nitrogens with zero attached hydrogens (tertiary/aromatic N) is 2. The molecule has 0 saturated heterocycles. The summed E-state index contributed by atoms with van der Waals surface area (Å²) in [5, 5.41) is 6.01. The molecular formula is C13H22N4O. The van der Waals surface area contributed by atoms with Gasteiger partial charge in [-0.3, -0.25) is 4.79 Å². The lowest BCUT2D eigenvalue weighted by Gasteiger charge is -2.11. The highest BCUT2D eigenvalue weighted by Crippen LogP contribution is 2.09. The number of rotatable bonds is 6. The Morgan fingerprint density at radius 1 is 1.39 bits per heavy atom. The molecule has 1 amide bonds. The fraction of sp³-hybridized carbons (Fsp3) is 0.538. The van der Waals surface area contributed by atoms with Crippen molar-refractivity contribution >= 4 is 11.7 Å². The summed E-state index contributed by atoms with van der Waals surface area (Å²) < 4.78 is 0. The zero-order valence-electron chi connectivity index (χ0n) is 11.6. The van der Waals surface area contributed by atoms with E-state index in [0.29, 0.717) is 12.1 Å². The number of nitrogens with one attached hydrogen (secondary N) is 2. The first-order chi connectivity index (χ1) is 8.52. The number of carbonyl (C=O) groups excluding carboxylic acids is 1. The van der Waals surface area contributed by atoms with E-state index in [2.05, 4.69) is 15.6 Å². The van der Waals surface area contributed by atoms with Crippen molar-refractivity contribution in [1.29, 1.82) is 0 Å². The number of pyridine rings is 1. The minimum Gasteiger partial charge on any atom is -0.370 e. The molecule has 1 aromatic heterocycles. The molecule has 1 heterocycles. The molecule has 0 spiro atoms. The van der Waals surface area contributed by atoms with E-state index in [-0.39, 0.29) is 5.91 Å². The summed E-state index contributed by atoms with van der Waals surface area (Å²) in [5.41, 5.74) is 1.49. The largest absolute Gasteiger partial charge is 0.370 e. The molecule has 1 rings (SSSR count). The van der Waals surface area contributed by atoms with Gasteiger partial charge >= 0.3 is 0 Å². The first-order valence-electron chi connectivity index (χ1n) is 6.18. The molecule has 0 radical (unpaired) electrons. The molecule has 5 heteroatoms. The minimum atomic E-state index is -0.0542. The second-order valence-electron chi connectivity index (χ2n) is 4.47. The van der Waals surface area contributed by atoms with Crippen LogP contribution < -0.4 is 10.6 Å². The lowest BCUT2D eigenvalue weighted by molar-refractivity contribution is 0.0951. The summed E-state index contributed by atoms with van der Waals surface area (Å²) >= 11 is 0. The van der Waals surface area contributed by atoms with Crippen molar-refractivity contribution in [2.45, 2.75) is 13.8 Å². The maximum Gasteiger partial charge on any atom is 0.251 e. The lowest BCUT2D eigenvalue weighted by Crippen LogP contribution is -2.31. The third-order valence-corrected chi connectivity index (χ3v) is 2.42. The minimum absolute atomic E-state index is 0.0542. The van der Waals surface area contributed by atoms with Gasteiger partial charge in [-0.05, 0) is 40.1 Å². The van der Waals surface area contributed by atoms with Crippen LogP contribution in [0.5, 0.6) is 0 Å². The second kappa shape index (κ2) is 6.96. The van der Waals surface area contributed by atoms with Gasteiger partial charge in [-0.25, -0.2) is 4.98 Å². The number of anilines is 1. The number of aromatic nitrogens is 1. The normalized spacial score (nSPS) is 10.5. The Labute approximate surface area is 109 Å². The van der Waals surface area contributed by atoms with Crippen LogP contribution in [0.25, 0.3) is 0 Å². The number of amides is 1. The summed E-state index contributed by atoms with van der Waals surface area (Å²) in [7, 11) is 3.96. The summed E-state index contributed by atoms with van der Waals surface area (Å²) in [6.07, 6.45) is 0. The smallest absolute Gasteiger partial charge is 0.251 e. The molecule has 2 N–H and O–H groups in total. The van der Waals surface area contributed by atoms with Crippen LogP contribution in [0, 0.1) is 6.92 Å². The molecule has 0 fully saturated rings. The Morgan fingerprint density at radius 2 is 2.11 bits per heavy atom. The molecule has 0 aliphatic rings. The van der Waals surface area contributed by atoms with Crippen LogP contribution in [0.2, 0.25) is 0 Å². The van der Waals surface area contributed by atoms with Gasteiger partial charge in [0.05, 0.1) is 0 Å². The highest BCUT2D eigenvalue weighted by molar-refractivity contribution is 5.95. The standard InChI is InChI=1S/C13H22N4O/c1-5-14-12-9-11(8-10(2)16-12)13(18)15-6-7-17(3)4/h8-9H,5-7H2,1-4H3,(H,14,16)(H,15,18). The van der Waals surface area contributed by atoms with Crippen LogP contribution in [0.3, 0.4) is 0 Å². The molecule has 0 unspecified atom stereocenters. The predicted octanol–water partition coefficient (Wildman–Crippen LogP) is 1.11. The Hall–Kier alpha value is -1.62. The lowest BCUT2D eigenvalue weighted by atomic mass is 10.2. The topological polar surface area (TPSA) is 57.3 Å². The quantitative estimate of drug-likeness (QED) is 0.794. The van der Waals surface area contributed by atoms with E-state index in [0.717, 1.165) is 24.6 Å². The number of aryl methyl sites for hydroxylation is 1. The highest BCUT2D eigenvalue weighted by atomic mass is 16.1. The van der Waals surface area contributed by atoms with Crippen molar-refractivity contribution in [3.8, 4) is 0 Å². The Bertz CT molecular complexity index is 404. The van der Waals surface area contributed by atoms with E-state index >= 15 is 0 Å².